The number of carbonyl (C=O) groups excluding carboxylic acids is 2. The lowest BCUT2D eigenvalue weighted by molar-refractivity contribution is -0.123. The summed E-state index contributed by atoms with van der Waals surface area (Å²) in [6.45, 7) is 4.55. The van der Waals surface area contributed by atoms with Crippen LogP contribution in [0.1, 0.15) is 35.1 Å². The average Bonchev–Trinajstić information content (AvgIpc) is 3.24. The lowest BCUT2D eigenvalue weighted by Crippen LogP contribution is -2.48. The molecule has 0 bridgehead atoms. The van der Waals surface area contributed by atoms with E-state index in [2.05, 4.69) is 52.5 Å². The molecule has 2 N–H and O–H groups in total. The molecular weight excluding hydrogens is 490 g/mol. The molecule has 1 spiro atoms. The number of nitrogens with one attached hydrogen (secondary N) is 2. The number of para-hydroxylation sites is 1. The van der Waals surface area contributed by atoms with Crippen LogP contribution in [0.4, 0.5) is 17.1 Å². The smallest absolute Gasteiger partial charge is 0.262 e. The fourth-order valence-corrected chi connectivity index (χ4v) is 6.04. The number of halogens is 1. The summed E-state index contributed by atoms with van der Waals surface area (Å²) in [5.41, 5.74) is 6.73. The second-order valence-electron chi connectivity index (χ2n) is 9.27. The molecular formula is C28H24BrN3O2. The van der Waals surface area contributed by atoms with Crippen LogP contribution in [0.2, 0.25) is 0 Å². The summed E-state index contributed by atoms with van der Waals surface area (Å²) < 4.78 is 0.832. The fourth-order valence-electron chi connectivity index (χ4n) is 5.46. The van der Waals surface area contributed by atoms with Crippen LogP contribution in [-0.2, 0) is 21.7 Å². The quantitative estimate of drug-likeness (QED) is 0.443. The molecule has 0 saturated carbocycles. The summed E-state index contributed by atoms with van der Waals surface area (Å²) in [5.74, 6) is -0.119. The van der Waals surface area contributed by atoms with Gasteiger partial charge in [0.2, 0.25) is 0 Å². The molecule has 3 aromatic carbocycles. The molecule has 5 nitrogen and oxygen atoms in total. The normalized spacial score (nSPS) is 20.6. The van der Waals surface area contributed by atoms with Gasteiger partial charge in [0.05, 0.1) is 29.2 Å². The van der Waals surface area contributed by atoms with Crippen molar-refractivity contribution in [2.45, 2.75) is 38.8 Å². The first-order valence-corrected chi connectivity index (χ1v) is 12.3. The highest BCUT2D eigenvalue weighted by Gasteiger charge is 2.58. The third-order valence-electron chi connectivity index (χ3n) is 7.21. The molecule has 2 heterocycles. The number of amides is 1. The van der Waals surface area contributed by atoms with E-state index in [4.69, 9.17) is 0 Å². The van der Waals surface area contributed by atoms with E-state index in [1.54, 1.807) is 0 Å². The van der Waals surface area contributed by atoms with Crippen molar-refractivity contribution >= 4 is 44.7 Å². The minimum absolute atomic E-state index is 0.0112. The van der Waals surface area contributed by atoms with E-state index >= 15 is 0 Å². The van der Waals surface area contributed by atoms with Crippen molar-refractivity contribution in [2.24, 2.45) is 0 Å². The summed E-state index contributed by atoms with van der Waals surface area (Å²) >= 11 is 3.70. The molecule has 2 aliphatic heterocycles. The van der Waals surface area contributed by atoms with Gasteiger partial charge in [-0.2, -0.15) is 0 Å². The van der Waals surface area contributed by atoms with Gasteiger partial charge in [-0.15, -0.1) is 0 Å². The predicted octanol–water partition coefficient (Wildman–Crippen LogP) is 5.96. The molecule has 0 aromatic heterocycles. The van der Waals surface area contributed by atoms with Crippen LogP contribution in [0.15, 0.2) is 76.4 Å². The maximum Gasteiger partial charge on any atom is 0.262 e. The van der Waals surface area contributed by atoms with Crippen LogP contribution >= 0.6 is 15.9 Å². The Morgan fingerprint density at radius 3 is 2.44 bits per heavy atom. The SMILES string of the molecule is Cc1cc2c(cc1C)NC1(C(=O)N(Cc3ccccc3)c3c(Br)cccc31)C1=C(CCC1=O)N2. The third kappa shape index (κ3) is 2.91. The summed E-state index contributed by atoms with van der Waals surface area (Å²) in [5, 5.41) is 7.12. The van der Waals surface area contributed by atoms with Crippen LogP contribution in [0.3, 0.4) is 0 Å². The van der Waals surface area contributed by atoms with Crippen molar-refractivity contribution in [1.82, 2.24) is 0 Å². The second-order valence-corrected chi connectivity index (χ2v) is 10.1. The summed E-state index contributed by atoms with van der Waals surface area (Å²) in [6.07, 6.45) is 0.996. The van der Waals surface area contributed by atoms with E-state index in [1.165, 1.54) is 0 Å². The molecule has 1 atom stereocenters. The Kier molecular flexibility index (Phi) is 4.71. The molecule has 0 saturated heterocycles. The lowest BCUT2D eigenvalue weighted by atomic mass is 9.81. The maximum atomic E-state index is 14.5. The Morgan fingerprint density at radius 1 is 0.941 bits per heavy atom. The van der Waals surface area contributed by atoms with E-state index in [1.807, 2.05) is 53.4 Å². The predicted molar refractivity (Wildman–Crippen MR) is 138 cm³/mol. The molecule has 3 aromatic rings. The van der Waals surface area contributed by atoms with Gasteiger partial charge in [0.1, 0.15) is 0 Å². The lowest BCUT2D eigenvalue weighted by Gasteiger charge is -2.31. The fraction of sp³-hybridized carbons (Fsp3) is 0.214. The highest BCUT2D eigenvalue weighted by atomic mass is 79.9. The monoisotopic (exact) mass is 513 g/mol. The number of rotatable bonds is 2. The molecule has 170 valence electrons. The second kappa shape index (κ2) is 7.57. The van der Waals surface area contributed by atoms with Gasteiger partial charge in [-0.1, -0.05) is 42.5 Å². The Morgan fingerprint density at radius 2 is 1.68 bits per heavy atom. The van der Waals surface area contributed by atoms with E-state index in [-0.39, 0.29) is 11.7 Å². The molecule has 34 heavy (non-hydrogen) atoms. The van der Waals surface area contributed by atoms with E-state index < -0.39 is 5.54 Å². The van der Waals surface area contributed by atoms with Gasteiger partial charge in [-0.25, -0.2) is 0 Å². The maximum absolute atomic E-state index is 14.5. The first kappa shape index (κ1) is 21.2. The van der Waals surface area contributed by atoms with Gasteiger partial charge in [0.25, 0.3) is 5.91 Å². The van der Waals surface area contributed by atoms with Gasteiger partial charge in [-0.3, -0.25) is 9.59 Å². The molecule has 0 fully saturated rings. The van der Waals surface area contributed by atoms with E-state index in [0.717, 1.165) is 49.5 Å². The highest BCUT2D eigenvalue weighted by Crippen LogP contribution is 2.54. The Hall–Kier alpha value is -3.38. The number of carbonyl (C=O) groups is 2. The van der Waals surface area contributed by atoms with Crippen molar-refractivity contribution in [3.05, 3.63) is 98.7 Å². The molecule has 6 heteroatoms. The molecule has 1 amide bonds. The number of benzene rings is 3. The zero-order chi connectivity index (χ0) is 23.6. The third-order valence-corrected chi connectivity index (χ3v) is 7.85. The van der Waals surface area contributed by atoms with Crippen LogP contribution in [0.5, 0.6) is 0 Å². The number of fused-ring (bicyclic) bond motifs is 4. The molecule has 1 aliphatic carbocycles. The van der Waals surface area contributed by atoms with Crippen molar-refractivity contribution < 1.29 is 9.59 Å². The van der Waals surface area contributed by atoms with Crippen molar-refractivity contribution in [1.29, 1.82) is 0 Å². The number of ketones is 1. The van der Waals surface area contributed by atoms with Gasteiger partial charge in [0, 0.05) is 22.2 Å². The number of aryl methyl sites for hydroxylation is 2. The Labute approximate surface area is 207 Å². The Balaban J connectivity index is 1.62. The van der Waals surface area contributed by atoms with E-state index in [0.29, 0.717) is 25.0 Å². The van der Waals surface area contributed by atoms with Crippen LogP contribution < -0.4 is 15.5 Å². The van der Waals surface area contributed by atoms with Crippen molar-refractivity contribution in [3.63, 3.8) is 0 Å². The van der Waals surface area contributed by atoms with Gasteiger partial charge in [0.15, 0.2) is 11.3 Å². The summed E-state index contributed by atoms with van der Waals surface area (Å²) in [6, 6.07) is 20.0. The topological polar surface area (TPSA) is 61.4 Å². The van der Waals surface area contributed by atoms with Gasteiger partial charge in [-0.05, 0) is 71.1 Å². The first-order chi connectivity index (χ1) is 16.4. The zero-order valence-corrected chi connectivity index (χ0v) is 20.6. The average molecular weight is 514 g/mol. The summed E-state index contributed by atoms with van der Waals surface area (Å²) in [7, 11) is 0. The molecule has 1 unspecified atom stereocenters. The zero-order valence-electron chi connectivity index (χ0n) is 19.0. The van der Waals surface area contributed by atoms with Crippen LogP contribution in [-0.4, -0.2) is 11.7 Å². The molecule has 3 aliphatic rings. The van der Waals surface area contributed by atoms with Gasteiger partial charge >= 0.3 is 0 Å². The highest BCUT2D eigenvalue weighted by molar-refractivity contribution is 9.10. The summed E-state index contributed by atoms with van der Waals surface area (Å²) in [4.78, 5) is 29.7. The number of nitrogens with zero attached hydrogens (tertiary/aromatic N) is 1. The van der Waals surface area contributed by atoms with Crippen LogP contribution in [0.25, 0.3) is 0 Å². The molecule has 0 radical (unpaired) electrons. The van der Waals surface area contributed by atoms with Gasteiger partial charge < -0.3 is 15.5 Å². The van der Waals surface area contributed by atoms with E-state index in [9.17, 15) is 9.59 Å². The number of Topliss-reactive ketones (excluding diaryl/α,β-unsaturated/α-hetero) is 1. The van der Waals surface area contributed by atoms with Crippen LogP contribution in [0, 0.1) is 13.8 Å². The largest absolute Gasteiger partial charge is 0.362 e. The minimum Gasteiger partial charge on any atom is -0.362 e. The van der Waals surface area contributed by atoms with Crippen molar-refractivity contribution in [3.8, 4) is 0 Å². The van der Waals surface area contributed by atoms with Crippen molar-refractivity contribution in [2.75, 3.05) is 15.5 Å². The minimum atomic E-state index is -1.28. The standard InChI is InChI=1S/C28H24BrN3O2/c1-16-13-22-23(14-17(16)2)31-28(25-21(30-22)11-12-24(25)33)19-9-6-10-20(29)26(19)32(27(28)34)15-18-7-4-3-5-8-18/h3-10,13-14,30-31H,11-12,15H2,1-2H3. The Bertz CT molecular complexity index is 1410. The first-order valence-electron chi connectivity index (χ1n) is 11.5. The number of allylic oxidation sites excluding steroid dienone is 1. The number of hydrogen-bond donors (Lipinski definition) is 2. The number of anilines is 3. The molecule has 6 rings (SSSR count). The number of hydrogen-bond acceptors (Lipinski definition) is 4.